The summed E-state index contributed by atoms with van der Waals surface area (Å²) in [5.41, 5.74) is 0. The molecule has 1 N–H and O–H groups in total. The fraction of sp³-hybridized carbons (Fsp3) is 0.190. The Morgan fingerprint density at radius 3 is 2.48 bits per heavy atom. The minimum atomic E-state index is -3.77. The Labute approximate surface area is 175 Å². The van der Waals surface area contributed by atoms with Crippen molar-refractivity contribution in [3.63, 3.8) is 0 Å². The third kappa shape index (κ3) is 5.26. The van der Waals surface area contributed by atoms with Crippen LogP contribution < -0.4 is 10.1 Å². The summed E-state index contributed by atoms with van der Waals surface area (Å²) >= 11 is 5.79. The second-order valence-electron chi connectivity index (χ2n) is 6.39. The maximum atomic E-state index is 12.5. The molecule has 0 radical (unpaired) electrons. The summed E-state index contributed by atoms with van der Waals surface area (Å²) in [4.78, 5) is 12.2. The molecule has 1 amide bonds. The van der Waals surface area contributed by atoms with Crippen LogP contribution in [0.4, 0.5) is 0 Å². The molecule has 29 heavy (non-hydrogen) atoms. The van der Waals surface area contributed by atoms with Gasteiger partial charge in [-0.2, -0.15) is 4.31 Å². The molecule has 0 fully saturated rings. The standard InChI is InChI=1S/C21H21ClN2O4S/c1-24(29(26,27)18-11-9-17(22)10-12-18)15-21(25)23-13-14-28-20-8-4-6-16-5-2-3-7-19(16)20/h2-12H,13-15H2,1H3,(H,23,25). The number of halogens is 1. The lowest BCUT2D eigenvalue weighted by molar-refractivity contribution is -0.121. The van der Waals surface area contributed by atoms with Gasteiger partial charge in [0.2, 0.25) is 15.9 Å². The predicted octanol–water partition coefficient (Wildman–Crippen LogP) is 3.31. The van der Waals surface area contributed by atoms with E-state index in [9.17, 15) is 13.2 Å². The number of likely N-dealkylation sites (N-methyl/N-ethyl adjacent to an activating group) is 1. The number of benzene rings is 3. The molecule has 0 aliphatic heterocycles. The van der Waals surface area contributed by atoms with Gasteiger partial charge in [-0.25, -0.2) is 8.42 Å². The van der Waals surface area contributed by atoms with Crippen LogP contribution in [0, 0.1) is 0 Å². The maximum absolute atomic E-state index is 12.5. The summed E-state index contributed by atoms with van der Waals surface area (Å²) in [6.45, 7) is 0.240. The van der Waals surface area contributed by atoms with Crippen LogP contribution in [0.3, 0.4) is 0 Å². The average Bonchev–Trinajstić information content (AvgIpc) is 2.71. The van der Waals surface area contributed by atoms with E-state index in [1.54, 1.807) is 0 Å². The normalized spacial score (nSPS) is 11.6. The molecule has 8 heteroatoms. The molecule has 0 atom stereocenters. The van der Waals surface area contributed by atoms with Gasteiger partial charge in [-0.05, 0) is 35.7 Å². The predicted molar refractivity (Wildman–Crippen MR) is 114 cm³/mol. The highest BCUT2D eigenvalue weighted by molar-refractivity contribution is 7.89. The van der Waals surface area contributed by atoms with Gasteiger partial charge < -0.3 is 10.1 Å². The van der Waals surface area contributed by atoms with Crippen LogP contribution in [0.15, 0.2) is 71.6 Å². The van der Waals surface area contributed by atoms with E-state index in [4.69, 9.17) is 16.3 Å². The van der Waals surface area contributed by atoms with Crippen molar-refractivity contribution in [1.29, 1.82) is 0 Å². The third-order valence-electron chi connectivity index (χ3n) is 4.32. The van der Waals surface area contributed by atoms with Crippen molar-refractivity contribution in [3.8, 4) is 5.75 Å². The molecule has 3 aromatic rings. The minimum Gasteiger partial charge on any atom is -0.491 e. The van der Waals surface area contributed by atoms with Crippen LogP contribution in [0.2, 0.25) is 5.02 Å². The lowest BCUT2D eigenvalue weighted by Crippen LogP contribution is -2.39. The van der Waals surface area contributed by atoms with Gasteiger partial charge in [0.1, 0.15) is 12.4 Å². The maximum Gasteiger partial charge on any atom is 0.243 e. The molecule has 0 saturated heterocycles. The molecule has 0 bridgehead atoms. The summed E-state index contributed by atoms with van der Waals surface area (Å²) in [7, 11) is -2.41. The molecule has 0 aromatic heterocycles. The fourth-order valence-electron chi connectivity index (χ4n) is 2.80. The lowest BCUT2D eigenvalue weighted by Gasteiger charge is -2.17. The number of carbonyl (C=O) groups excluding carboxylic acids is 1. The van der Waals surface area contributed by atoms with Crippen LogP contribution in [0.1, 0.15) is 0 Å². The third-order valence-corrected chi connectivity index (χ3v) is 6.39. The number of fused-ring (bicyclic) bond motifs is 1. The molecule has 0 heterocycles. The van der Waals surface area contributed by atoms with Gasteiger partial charge >= 0.3 is 0 Å². The zero-order chi connectivity index (χ0) is 20.9. The average molecular weight is 433 g/mol. The molecule has 0 spiro atoms. The number of hydrogen-bond donors (Lipinski definition) is 1. The number of amides is 1. The van der Waals surface area contributed by atoms with E-state index < -0.39 is 15.9 Å². The molecule has 6 nitrogen and oxygen atoms in total. The highest BCUT2D eigenvalue weighted by atomic mass is 35.5. The first-order chi connectivity index (χ1) is 13.9. The molecular weight excluding hydrogens is 412 g/mol. The largest absolute Gasteiger partial charge is 0.491 e. The minimum absolute atomic E-state index is 0.0801. The van der Waals surface area contributed by atoms with Crippen molar-refractivity contribution in [2.75, 3.05) is 26.7 Å². The van der Waals surface area contributed by atoms with Crippen molar-refractivity contribution in [2.24, 2.45) is 0 Å². The highest BCUT2D eigenvalue weighted by Gasteiger charge is 2.22. The van der Waals surface area contributed by atoms with Gasteiger partial charge in [0, 0.05) is 17.5 Å². The van der Waals surface area contributed by atoms with Gasteiger partial charge in [-0.1, -0.05) is 48.0 Å². The molecule has 0 saturated carbocycles. The first-order valence-corrected chi connectivity index (χ1v) is 10.8. The Morgan fingerprint density at radius 1 is 1.03 bits per heavy atom. The molecule has 0 unspecified atom stereocenters. The highest BCUT2D eigenvalue weighted by Crippen LogP contribution is 2.24. The van der Waals surface area contributed by atoms with Crippen molar-refractivity contribution in [2.45, 2.75) is 4.90 Å². The topological polar surface area (TPSA) is 75.7 Å². The molecule has 152 valence electrons. The van der Waals surface area contributed by atoms with Crippen molar-refractivity contribution < 1.29 is 17.9 Å². The Bertz CT molecular complexity index is 1100. The molecule has 3 rings (SSSR count). The van der Waals surface area contributed by atoms with E-state index in [2.05, 4.69) is 5.32 Å². The second kappa shape index (κ2) is 9.26. The quantitative estimate of drug-likeness (QED) is 0.554. The summed E-state index contributed by atoms with van der Waals surface area (Å²) in [5, 5.41) is 5.18. The Kier molecular flexibility index (Phi) is 6.74. The Morgan fingerprint density at radius 2 is 1.72 bits per heavy atom. The van der Waals surface area contributed by atoms with Crippen LogP contribution in [-0.4, -0.2) is 45.4 Å². The second-order valence-corrected chi connectivity index (χ2v) is 8.87. The summed E-state index contributed by atoms with van der Waals surface area (Å²) in [6, 6.07) is 19.5. The van der Waals surface area contributed by atoms with Gasteiger partial charge in [0.15, 0.2) is 0 Å². The monoisotopic (exact) mass is 432 g/mol. The van der Waals surface area contributed by atoms with Gasteiger partial charge in [0.25, 0.3) is 0 Å². The SMILES string of the molecule is CN(CC(=O)NCCOc1cccc2ccccc12)S(=O)(=O)c1ccc(Cl)cc1. The van der Waals surface area contributed by atoms with E-state index in [1.165, 1.54) is 31.3 Å². The van der Waals surface area contributed by atoms with Crippen LogP contribution in [-0.2, 0) is 14.8 Å². The van der Waals surface area contributed by atoms with Crippen LogP contribution in [0.25, 0.3) is 10.8 Å². The molecular formula is C21H21ClN2O4S. The lowest BCUT2D eigenvalue weighted by atomic mass is 10.1. The van der Waals surface area contributed by atoms with Gasteiger partial charge in [-0.15, -0.1) is 0 Å². The number of nitrogens with zero attached hydrogens (tertiary/aromatic N) is 1. The number of rotatable bonds is 8. The van der Waals surface area contributed by atoms with Crippen LogP contribution in [0.5, 0.6) is 5.75 Å². The zero-order valence-corrected chi connectivity index (χ0v) is 17.4. The van der Waals surface area contributed by atoms with E-state index >= 15 is 0 Å². The molecule has 0 aliphatic rings. The van der Waals surface area contributed by atoms with Crippen molar-refractivity contribution in [3.05, 3.63) is 71.8 Å². The van der Waals surface area contributed by atoms with E-state index in [0.717, 1.165) is 20.8 Å². The van der Waals surface area contributed by atoms with E-state index in [0.29, 0.717) is 5.02 Å². The molecule has 3 aromatic carbocycles. The van der Waals surface area contributed by atoms with Crippen molar-refractivity contribution in [1.82, 2.24) is 9.62 Å². The number of ether oxygens (including phenoxy) is 1. The number of hydrogen-bond acceptors (Lipinski definition) is 4. The van der Waals surface area contributed by atoms with Gasteiger partial charge in [0.05, 0.1) is 18.0 Å². The summed E-state index contributed by atoms with van der Waals surface area (Å²) in [5.74, 6) is 0.325. The number of carbonyl (C=O) groups is 1. The summed E-state index contributed by atoms with van der Waals surface area (Å²) < 4.78 is 31.8. The zero-order valence-electron chi connectivity index (χ0n) is 15.8. The number of sulfonamides is 1. The van der Waals surface area contributed by atoms with E-state index in [-0.39, 0.29) is 24.6 Å². The summed E-state index contributed by atoms with van der Waals surface area (Å²) in [6.07, 6.45) is 0. The van der Waals surface area contributed by atoms with Gasteiger partial charge in [-0.3, -0.25) is 4.79 Å². The Balaban J connectivity index is 1.50. The van der Waals surface area contributed by atoms with E-state index in [1.807, 2.05) is 42.5 Å². The van der Waals surface area contributed by atoms with Crippen LogP contribution >= 0.6 is 11.6 Å². The Hall–Kier alpha value is -2.61. The molecule has 0 aliphatic carbocycles. The van der Waals surface area contributed by atoms with Crippen molar-refractivity contribution >= 4 is 38.3 Å². The fourth-order valence-corrected chi connectivity index (χ4v) is 4.06. The number of nitrogens with one attached hydrogen (secondary N) is 1. The first kappa shape index (κ1) is 21.1. The smallest absolute Gasteiger partial charge is 0.243 e. The first-order valence-electron chi connectivity index (χ1n) is 8.97.